The van der Waals surface area contributed by atoms with E-state index in [0.29, 0.717) is 17.6 Å². The summed E-state index contributed by atoms with van der Waals surface area (Å²) in [5.74, 6) is 0. The Morgan fingerprint density at radius 3 is 2.69 bits per heavy atom. The van der Waals surface area contributed by atoms with Crippen LogP contribution in [0.3, 0.4) is 0 Å². The van der Waals surface area contributed by atoms with E-state index in [0.717, 1.165) is 13.0 Å². The minimum Gasteiger partial charge on any atom is -0.378 e. The van der Waals surface area contributed by atoms with Gasteiger partial charge in [-0.3, -0.25) is 4.68 Å². The zero-order chi connectivity index (χ0) is 11.0. The number of nitrogens with one attached hydrogen (secondary N) is 1. The van der Waals surface area contributed by atoms with Crippen LogP contribution in [0.25, 0.3) is 0 Å². The van der Waals surface area contributed by atoms with E-state index in [9.17, 15) is 0 Å². The Morgan fingerprint density at radius 1 is 1.38 bits per heavy atom. The van der Waals surface area contributed by atoms with E-state index in [1.165, 1.54) is 19.3 Å². The topological polar surface area (TPSA) is 26.2 Å². The van der Waals surface area contributed by atoms with E-state index in [1.807, 2.05) is 0 Å². The van der Waals surface area contributed by atoms with Gasteiger partial charge in [0.2, 0.25) is 0 Å². The number of ether oxygens (including phenoxy) is 1. The highest BCUT2D eigenvalue weighted by molar-refractivity contribution is 5.16. The molecule has 1 aromatic rings. The third-order valence-corrected chi connectivity index (χ3v) is 4.35. The van der Waals surface area contributed by atoms with E-state index >= 15 is 0 Å². The molecule has 1 N–H and O–H groups in total. The van der Waals surface area contributed by atoms with Crippen LogP contribution in [0.1, 0.15) is 32.6 Å². The Bertz CT molecular complexity index is 343. The molecular formula is C13H20N2O. The standard InChI is InChI=1S/C13H20N2O/c1-2-16-12-10-11(13(12)6-5-7-13)14-15-8-3-4-9-15/h3-4,8-9,11-12,14H,2,5-7,10H2,1H3. The van der Waals surface area contributed by atoms with Crippen molar-refractivity contribution in [1.82, 2.24) is 4.68 Å². The van der Waals surface area contributed by atoms with Gasteiger partial charge in [0.15, 0.2) is 0 Å². The van der Waals surface area contributed by atoms with Crippen molar-refractivity contribution in [3.8, 4) is 0 Å². The summed E-state index contributed by atoms with van der Waals surface area (Å²) in [6.45, 7) is 2.95. The molecule has 2 unspecified atom stereocenters. The molecule has 2 atom stereocenters. The lowest BCUT2D eigenvalue weighted by Gasteiger charge is -2.61. The van der Waals surface area contributed by atoms with Gasteiger partial charge < -0.3 is 10.2 Å². The summed E-state index contributed by atoms with van der Waals surface area (Å²) in [6.07, 6.45) is 9.83. The number of rotatable bonds is 4. The van der Waals surface area contributed by atoms with Gasteiger partial charge in [0.05, 0.1) is 12.1 Å². The van der Waals surface area contributed by atoms with Gasteiger partial charge in [0.25, 0.3) is 0 Å². The third-order valence-electron chi connectivity index (χ3n) is 4.35. The van der Waals surface area contributed by atoms with Crippen LogP contribution in [0.2, 0.25) is 0 Å². The molecule has 0 bridgehead atoms. The summed E-state index contributed by atoms with van der Waals surface area (Å²) in [5, 5.41) is 0. The van der Waals surface area contributed by atoms with Crippen LogP contribution in [-0.4, -0.2) is 23.4 Å². The molecule has 3 heteroatoms. The highest BCUT2D eigenvalue weighted by Crippen LogP contribution is 2.57. The first-order valence-corrected chi connectivity index (χ1v) is 6.36. The zero-order valence-corrected chi connectivity index (χ0v) is 9.86. The highest BCUT2D eigenvalue weighted by atomic mass is 16.5. The van der Waals surface area contributed by atoms with Crippen molar-refractivity contribution in [1.29, 1.82) is 0 Å². The lowest BCUT2D eigenvalue weighted by Crippen LogP contribution is -2.65. The van der Waals surface area contributed by atoms with Crippen LogP contribution >= 0.6 is 0 Å². The summed E-state index contributed by atoms with van der Waals surface area (Å²) in [7, 11) is 0. The van der Waals surface area contributed by atoms with Gasteiger partial charge >= 0.3 is 0 Å². The highest BCUT2D eigenvalue weighted by Gasteiger charge is 2.59. The van der Waals surface area contributed by atoms with Gasteiger partial charge in [-0.05, 0) is 38.3 Å². The van der Waals surface area contributed by atoms with Crippen LogP contribution in [0.15, 0.2) is 24.5 Å². The Kier molecular flexibility index (Phi) is 2.43. The molecule has 3 rings (SSSR count). The molecular weight excluding hydrogens is 200 g/mol. The predicted molar refractivity (Wildman–Crippen MR) is 63.9 cm³/mol. The minimum absolute atomic E-state index is 0.445. The normalized spacial score (nSPS) is 30.8. The van der Waals surface area contributed by atoms with Crippen LogP contribution in [0, 0.1) is 5.41 Å². The van der Waals surface area contributed by atoms with Gasteiger partial charge in [-0.2, -0.15) is 0 Å². The maximum atomic E-state index is 5.84. The van der Waals surface area contributed by atoms with Gasteiger partial charge in [-0.15, -0.1) is 0 Å². The monoisotopic (exact) mass is 220 g/mol. The van der Waals surface area contributed by atoms with Crippen LogP contribution in [0.5, 0.6) is 0 Å². The largest absolute Gasteiger partial charge is 0.378 e. The van der Waals surface area contributed by atoms with E-state index in [2.05, 4.69) is 41.6 Å². The average Bonchev–Trinajstić information content (AvgIpc) is 2.66. The molecule has 0 amide bonds. The minimum atomic E-state index is 0.445. The quantitative estimate of drug-likeness (QED) is 0.843. The first-order valence-electron chi connectivity index (χ1n) is 6.36. The molecule has 2 aliphatic rings. The van der Waals surface area contributed by atoms with Crippen LogP contribution in [0.4, 0.5) is 0 Å². The molecule has 0 saturated heterocycles. The summed E-state index contributed by atoms with van der Waals surface area (Å²) >= 11 is 0. The van der Waals surface area contributed by atoms with Crippen molar-refractivity contribution in [3.63, 3.8) is 0 Å². The van der Waals surface area contributed by atoms with Crippen LogP contribution in [-0.2, 0) is 4.74 Å². The summed E-state index contributed by atoms with van der Waals surface area (Å²) in [4.78, 5) is 0. The van der Waals surface area contributed by atoms with Crippen molar-refractivity contribution in [2.75, 3.05) is 12.0 Å². The van der Waals surface area contributed by atoms with Gasteiger partial charge in [0, 0.05) is 24.4 Å². The van der Waals surface area contributed by atoms with Crippen molar-refractivity contribution in [2.24, 2.45) is 5.41 Å². The SMILES string of the molecule is CCOC1CC(Nn2cccc2)C12CCC2. The molecule has 16 heavy (non-hydrogen) atoms. The molecule has 1 aromatic heterocycles. The average molecular weight is 220 g/mol. The maximum Gasteiger partial charge on any atom is 0.0671 e. The third kappa shape index (κ3) is 1.38. The van der Waals surface area contributed by atoms with E-state index in [-0.39, 0.29) is 0 Å². The van der Waals surface area contributed by atoms with Crippen molar-refractivity contribution in [2.45, 2.75) is 44.8 Å². The lowest BCUT2D eigenvalue weighted by atomic mass is 9.51. The molecule has 2 saturated carbocycles. The van der Waals surface area contributed by atoms with Crippen LogP contribution < -0.4 is 5.43 Å². The summed E-state index contributed by atoms with van der Waals surface area (Å²) in [6, 6.07) is 4.71. The van der Waals surface area contributed by atoms with Crippen molar-refractivity contribution in [3.05, 3.63) is 24.5 Å². The molecule has 2 fully saturated rings. The summed E-state index contributed by atoms with van der Waals surface area (Å²) < 4.78 is 7.91. The number of nitrogens with zero attached hydrogens (tertiary/aromatic N) is 1. The fourth-order valence-electron chi connectivity index (χ4n) is 3.22. The Morgan fingerprint density at radius 2 is 2.12 bits per heavy atom. The first-order chi connectivity index (χ1) is 7.85. The fraction of sp³-hybridized carbons (Fsp3) is 0.692. The van der Waals surface area contributed by atoms with Crippen molar-refractivity contribution >= 4 is 0 Å². The zero-order valence-electron chi connectivity index (χ0n) is 9.86. The first kappa shape index (κ1) is 10.2. The predicted octanol–water partition coefficient (Wildman–Crippen LogP) is 2.38. The number of hydrogen-bond acceptors (Lipinski definition) is 2. The molecule has 0 aliphatic heterocycles. The molecule has 3 nitrogen and oxygen atoms in total. The smallest absolute Gasteiger partial charge is 0.0671 e. The number of aromatic nitrogens is 1. The second kappa shape index (κ2) is 3.81. The molecule has 1 spiro atoms. The fourth-order valence-corrected chi connectivity index (χ4v) is 3.22. The van der Waals surface area contributed by atoms with Crippen molar-refractivity contribution < 1.29 is 4.74 Å². The molecule has 0 aromatic carbocycles. The molecule has 2 aliphatic carbocycles. The lowest BCUT2D eigenvalue weighted by molar-refractivity contribution is -0.160. The Balaban J connectivity index is 1.65. The summed E-state index contributed by atoms with van der Waals surface area (Å²) in [5.41, 5.74) is 4.02. The van der Waals surface area contributed by atoms with Gasteiger partial charge in [-0.25, -0.2) is 0 Å². The van der Waals surface area contributed by atoms with E-state index in [4.69, 9.17) is 4.74 Å². The maximum absolute atomic E-state index is 5.84. The Hall–Kier alpha value is -0.960. The van der Waals surface area contributed by atoms with Gasteiger partial charge in [0.1, 0.15) is 0 Å². The second-order valence-corrected chi connectivity index (χ2v) is 5.04. The van der Waals surface area contributed by atoms with E-state index in [1.54, 1.807) is 0 Å². The molecule has 1 heterocycles. The van der Waals surface area contributed by atoms with Gasteiger partial charge in [-0.1, -0.05) is 6.42 Å². The Labute approximate surface area is 96.8 Å². The second-order valence-electron chi connectivity index (χ2n) is 5.04. The van der Waals surface area contributed by atoms with E-state index < -0.39 is 0 Å². The number of hydrogen-bond donors (Lipinski definition) is 1. The molecule has 0 radical (unpaired) electrons. The molecule has 88 valence electrons.